The molecule has 4 rings (SSSR count). The van der Waals surface area contributed by atoms with Crippen LogP contribution in [0, 0.1) is 11.8 Å². The Morgan fingerprint density at radius 1 is 0.767 bits per heavy atom. The maximum Gasteiger partial charge on any atom is -0.147 e. The fraction of sp³-hybridized carbons (Fsp3) is 0.333. The molecule has 2 aromatic rings. The molecule has 30 heavy (non-hydrogen) atoms. The van der Waals surface area contributed by atoms with Crippen molar-refractivity contribution in [3.8, 4) is 0 Å². The van der Waals surface area contributed by atoms with Crippen LogP contribution in [0.2, 0.25) is 10.5 Å². The summed E-state index contributed by atoms with van der Waals surface area (Å²) >= 11 is -3.29. The molecule has 0 fully saturated rings. The molecular formula is C24H32Cl2O2SiTi. The predicted octanol–water partition coefficient (Wildman–Crippen LogP) is 7.36. The summed E-state index contributed by atoms with van der Waals surface area (Å²) in [5.41, 5.74) is 5.38. The first kappa shape index (κ1) is 25.3. The van der Waals surface area contributed by atoms with Gasteiger partial charge in [0.05, 0.1) is 0 Å². The molecule has 0 amide bonds. The van der Waals surface area contributed by atoms with Gasteiger partial charge in [-0.2, -0.15) is 0 Å². The Hall–Kier alpha value is -0.969. The molecule has 2 atom stereocenters. The van der Waals surface area contributed by atoms with E-state index in [0.717, 1.165) is 11.5 Å². The molecule has 0 saturated carbocycles. The quantitative estimate of drug-likeness (QED) is 0.411. The molecule has 6 heteroatoms. The molecule has 2 aromatic heterocycles. The number of furan rings is 2. The van der Waals surface area contributed by atoms with Crippen LogP contribution in [0.1, 0.15) is 39.2 Å². The van der Waals surface area contributed by atoms with Gasteiger partial charge >= 0.3 is 171 Å². The minimum absolute atomic E-state index is 0. The first-order valence-corrected chi connectivity index (χ1v) is 18.8. The molecule has 0 radical (unpaired) electrons. The Balaban J connectivity index is 0.00000160. The summed E-state index contributed by atoms with van der Waals surface area (Å²) in [5.74, 6) is 2.88. The van der Waals surface area contributed by atoms with Crippen molar-refractivity contribution in [2.24, 2.45) is 11.8 Å². The van der Waals surface area contributed by atoms with Crippen molar-refractivity contribution in [1.29, 1.82) is 0 Å². The van der Waals surface area contributed by atoms with Gasteiger partial charge in [-0.15, -0.1) is 24.8 Å². The Morgan fingerprint density at radius 2 is 1.13 bits per heavy atom. The molecule has 2 aliphatic carbocycles. The number of rotatable bonds is 4. The van der Waals surface area contributed by atoms with E-state index in [2.05, 4.69) is 70.1 Å². The fourth-order valence-electron chi connectivity index (χ4n) is 5.87. The number of allylic oxidation sites excluding steroid dienone is 8. The molecule has 0 aliphatic heterocycles. The summed E-state index contributed by atoms with van der Waals surface area (Å²) < 4.78 is 15.1. The third-order valence-electron chi connectivity index (χ3n) is 6.50. The van der Waals surface area contributed by atoms with Crippen LogP contribution in [0.4, 0.5) is 0 Å². The zero-order valence-electron chi connectivity index (χ0n) is 18.6. The van der Waals surface area contributed by atoms with Gasteiger partial charge in [0.25, 0.3) is 0 Å². The third kappa shape index (κ3) is 3.84. The molecule has 162 valence electrons. The molecule has 2 nitrogen and oxygen atoms in total. The average Bonchev–Trinajstić information content (AvgIpc) is 3.34. The first-order chi connectivity index (χ1) is 13.1. The second kappa shape index (κ2) is 8.52. The van der Waals surface area contributed by atoms with Crippen LogP contribution in [0.3, 0.4) is 0 Å². The van der Waals surface area contributed by atoms with E-state index in [1.54, 1.807) is 20.3 Å². The fourth-order valence-corrected chi connectivity index (χ4v) is 18.8. The molecule has 0 bridgehead atoms. The SMILES string of the molecule is CC1=CC(C)[C]([Ti]([CH3])([CH3])(=[SiH2])[C]2=C(c3ccco3)C(C)=CC2C)=C1c1ccco1.Cl.Cl. The minimum atomic E-state index is -3.29. The van der Waals surface area contributed by atoms with Crippen LogP contribution >= 0.6 is 24.8 Å². The molecule has 2 unspecified atom stereocenters. The molecule has 2 heterocycles. The van der Waals surface area contributed by atoms with Crippen molar-refractivity contribution in [1.82, 2.24) is 0 Å². The molecule has 0 saturated heterocycles. The van der Waals surface area contributed by atoms with Gasteiger partial charge in [-0.05, 0) is 0 Å². The monoisotopic (exact) mass is 498 g/mol. The molecule has 0 N–H and O–H groups in total. The molecule has 0 aromatic carbocycles. The van der Waals surface area contributed by atoms with Gasteiger partial charge in [0.1, 0.15) is 0 Å². The smallest absolute Gasteiger partial charge is 0.147 e. The molecular weight excluding hydrogens is 467 g/mol. The van der Waals surface area contributed by atoms with E-state index in [-0.39, 0.29) is 24.8 Å². The second-order valence-electron chi connectivity index (χ2n) is 9.49. The van der Waals surface area contributed by atoms with Crippen molar-refractivity contribution >= 4 is 43.6 Å². The van der Waals surface area contributed by atoms with Crippen LogP contribution in [0.25, 0.3) is 11.1 Å². The first-order valence-electron chi connectivity index (χ1n) is 10.1. The largest absolute Gasteiger partial charge is 0.147 e. The standard InChI is InChI=1S/2C11H11O.2CH3.2ClH.H2Si.Ti/c2*1-8-6-9(2)10(7-8)11-4-3-5-12-11;;;;;;/h2*3-6,8H,1-2H3;2*1H3;2*1H;1H2;. The van der Waals surface area contributed by atoms with Crippen molar-refractivity contribution in [2.75, 3.05) is 0 Å². The summed E-state index contributed by atoms with van der Waals surface area (Å²) in [6.45, 7) is 9.17. The van der Waals surface area contributed by atoms with Crippen molar-refractivity contribution < 1.29 is 22.9 Å². The van der Waals surface area contributed by atoms with Gasteiger partial charge < -0.3 is 0 Å². The van der Waals surface area contributed by atoms with Crippen LogP contribution in [0.5, 0.6) is 0 Å². The summed E-state index contributed by atoms with van der Waals surface area (Å²) in [7, 11) is 2.29. The predicted molar refractivity (Wildman–Crippen MR) is 132 cm³/mol. The average molecular weight is 499 g/mol. The van der Waals surface area contributed by atoms with Crippen molar-refractivity contribution in [2.45, 2.75) is 38.2 Å². The van der Waals surface area contributed by atoms with E-state index in [4.69, 9.17) is 8.83 Å². The number of hydrogen-bond donors (Lipinski definition) is 0. The topological polar surface area (TPSA) is 26.3 Å². The third-order valence-corrected chi connectivity index (χ3v) is 17.2. The number of hydrogen-bond acceptors (Lipinski definition) is 2. The zero-order chi connectivity index (χ0) is 20.3. The summed E-state index contributed by atoms with van der Waals surface area (Å²) in [6, 6.07) is 8.22. The van der Waals surface area contributed by atoms with E-state index in [0.29, 0.717) is 11.8 Å². The van der Waals surface area contributed by atoms with E-state index in [9.17, 15) is 0 Å². The summed E-state index contributed by atoms with van der Waals surface area (Å²) in [6.07, 6.45) is 8.42. The normalized spacial score (nSPS) is 22.0. The van der Waals surface area contributed by atoms with Crippen molar-refractivity contribution in [3.63, 3.8) is 0 Å². The van der Waals surface area contributed by atoms with Crippen LogP contribution in [-0.2, 0) is 14.0 Å². The molecule has 2 aliphatic rings. The maximum absolute atomic E-state index is 5.90. The minimum Gasteiger partial charge on any atom is -0.147 e. The van der Waals surface area contributed by atoms with E-state index >= 15 is 0 Å². The summed E-state index contributed by atoms with van der Waals surface area (Å²) in [5, 5.41) is 5.16. The van der Waals surface area contributed by atoms with Gasteiger partial charge in [-0.1, -0.05) is 0 Å². The van der Waals surface area contributed by atoms with Crippen LogP contribution in [-0.4, -0.2) is 7.63 Å². The van der Waals surface area contributed by atoms with E-state index in [1.165, 1.54) is 22.3 Å². The van der Waals surface area contributed by atoms with Gasteiger partial charge in [-0.25, -0.2) is 0 Å². The summed E-state index contributed by atoms with van der Waals surface area (Å²) in [4.78, 5) is 0. The van der Waals surface area contributed by atoms with Crippen LogP contribution < -0.4 is 0 Å². The Labute approximate surface area is 194 Å². The van der Waals surface area contributed by atoms with Gasteiger partial charge in [0, 0.05) is 0 Å². The maximum atomic E-state index is 5.90. The van der Waals surface area contributed by atoms with Gasteiger partial charge in [0.2, 0.25) is 0 Å². The van der Waals surface area contributed by atoms with Gasteiger partial charge in [-0.3, -0.25) is 0 Å². The zero-order valence-corrected chi connectivity index (χ0v) is 23.2. The van der Waals surface area contributed by atoms with Crippen LogP contribution in [0.15, 0.2) is 76.7 Å². The van der Waals surface area contributed by atoms with Crippen molar-refractivity contribution in [3.05, 3.63) is 79.4 Å². The number of halogens is 2. The molecule has 0 spiro atoms. The Morgan fingerprint density at radius 3 is 1.43 bits per heavy atom. The Kier molecular flexibility index (Phi) is 7.18. The second-order valence-corrected chi connectivity index (χ2v) is 28.3. The van der Waals surface area contributed by atoms with E-state index < -0.39 is 14.0 Å². The van der Waals surface area contributed by atoms with Gasteiger partial charge in [0.15, 0.2) is 0 Å². The Bertz CT molecular complexity index is 1040. The van der Waals surface area contributed by atoms with E-state index in [1.807, 2.05) is 12.1 Å².